The van der Waals surface area contributed by atoms with Crippen molar-refractivity contribution in [3.63, 3.8) is 0 Å². The molecule has 0 aliphatic carbocycles. The van der Waals surface area contributed by atoms with E-state index >= 15 is 0 Å². The van der Waals surface area contributed by atoms with Crippen LogP contribution in [0.15, 0.2) is 28.6 Å². The lowest BCUT2D eigenvalue weighted by molar-refractivity contribution is 0.315. The highest BCUT2D eigenvalue weighted by molar-refractivity contribution is 7.13. The SMILES string of the molecule is Cc1nc2nonc2c(N)c1Cn1ccc(-c2cncs2)n1. The molecule has 0 spiro atoms. The van der Waals surface area contributed by atoms with Crippen molar-refractivity contribution in [3.8, 4) is 10.6 Å². The van der Waals surface area contributed by atoms with Crippen molar-refractivity contribution in [2.75, 3.05) is 5.73 Å². The standard InChI is InChI=1S/C13H11N7OS/c1-7-8(11(14)12-13(16-7)19-21-18-12)5-20-3-2-9(17-20)10-4-15-6-22-10/h2-4,6H,5,14H2,1H3. The molecule has 2 N–H and O–H groups in total. The van der Waals surface area contributed by atoms with Crippen LogP contribution in [0, 0.1) is 6.92 Å². The fourth-order valence-electron chi connectivity index (χ4n) is 2.28. The van der Waals surface area contributed by atoms with Gasteiger partial charge in [0.15, 0.2) is 5.52 Å². The molecule has 0 atom stereocenters. The Balaban J connectivity index is 1.72. The van der Waals surface area contributed by atoms with Gasteiger partial charge in [-0.15, -0.1) is 11.3 Å². The minimum Gasteiger partial charge on any atom is -0.396 e. The molecular weight excluding hydrogens is 302 g/mol. The molecule has 0 aliphatic heterocycles. The van der Waals surface area contributed by atoms with Crippen molar-refractivity contribution >= 4 is 28.2 Å². The van der Waals surface area contributed by atoms with E-state index in [0.29, 0.717) is 23.4 Å². The zero-order chi connectivity index (χ0) is 15.1. The lowest BCUT2D eigenvalue weighted by Gasteiger charge is -2.08. The van der Waals surface area contributed by atoms with E-state index in [-0.39, 0.29) is 0 Å². The normalized spacial score (nSPS) is 11.3. The Morgan fingerprint density at radius 3 is 3.09 bits per heavy atom. The van der Waals surface area contributed by atoms with Crippen molar-refractivity contribution in [2.45, 2.75) is 13.5 Å². The highest BCUT2D eigenvalue weighted by Gasteiger charge is 2.15. The molecule has 0 amide bonds. The second kappa shape index (κ2) is 4.88. The third kappa shape index (κ3) is 2.02. The number of nitrogens with zero attached hydrogens (tertiary/aromatic N) is 6. The number of aryl methyl sites for hydroxylation is 1. The fourth-order valence-corrected chi connectivity index (χ4v) is 2.86. The molecule has 4 rings (SSSR count). The minimum absolute atomic E-state index is 0.421. The molecule has 9 heteroatoms. The molecule has 4 heterocycles. The number of fused-ring (bicyclic) bond motifs is 1. The van der Waals surface area contributed by atoms with Crippen LogP contribution in [0.5, 0.6) is 0 Å². The van der Waals surface area contributed by atoms with Gasteiger partial charge in [0, 0.05) is 23.7 Å². The van der Waals surface area contributed by atoms with Gasteiger partial charge in [-0.3, -0.25) is 9.67 Å². The van der Waals surface area contributed by atoms with Crippen LogP contribution < -0.4 is 5.73 Å². The Bertz CT molecular complexity index is 941. The number of hydrogen-bond donors (Lipinski definition) is 1. The van der Waals surface area contributed by atoms with Crippen molar-refractivity contribution in [2.24, 2.45) is 0 Å². The molecule has 0 aromatic carbocycles. The van der Waals surface area contributed by atoms with E-state index < -0.39 is 0 Å². The molecule has 0 bridgehead atoms. The van der Waals surface area contributed by atoms with E-state index in [1.165, 1.54) is 0 Å². The first-order valence-corrected chi connectivity index (χ1v) is 7.40. The maximum absolute atomic E-state index is 6.16. The molecule has 0 saturated heterocycles. The largest absolute Gasteiger partial charge is 0.396 e. The molecule has 0 unspecified atom stereocenters. The van der Waals surface area contributed by atoms with Gasteiger partial charge in [-0.05, 0) is 23.3 Å². The molecule has 0 aliphatic rings. The van der Waals surface area contributed by atoms with Crippen molar-refractivity contribution in [1.82, 2.24) is 30.1 Å². The first-order chi connectivity index (χ1) is 10.7. The first kappa shape index (κ1) is 12.9. The van der Waals surface area contributed by atoms with Gasteiger partial charge in [0.1, 0.15) is 5.69 Å². The molecule has 0 fully saturated rings. The van der Waals surface area contributed by atoms with E-state index in [1.807, 2.05) is 23.9 Å². The summed E-state index contributed by atoms with van der Waals surface area (Å²) in [6, 6.07) is 1.95. The number of hydrogen-bond acceptors (Lipinski definition) is 8. The summed E-state index contributed by atoms with van der Waals surface area (Å²) in [6.07, 6.45) is 3.70. The summed E-state index contributed by atoms with van der Waals surface area (Å²) in [5.41, 5.74) is 11.9. The molecular formula is C13H11N7OS. The Morgan fingerprint density at radius 2 is 2.27 bits per heavy atom. The second-order valence-electron chi connectivity index (χ2n) is 4.79. The lowest BCUT2D eigenvalue weighted by Crippen LogP contribution is -2.08. The zero-order valence-electron chi connectivity index (χ0n) is 11.6. The fraction of sp³-hybridized carbons (Fsp3) is 0.154. The third-order valence-electron chi connectivity index (χ3n) is 3.41. The number of pyridine rings is 1. The van der Waals surface area contributed by atoms with E-state index in [1.54, 1.807) is 23.0 Å². The van der Waals surface area contributed by atoms with Crippen LogP contribution in [-0.4, -0.2) is 30.1 Å². The Kier molecular flexibility index (Phi) is 2.86. The summed E-state index contributed by atoms with van der Waals surface area (Å²) < 4.78 is 6.50. The molecule has 0 radical (unpaired) electrons. The Morgan fingerprint density at radius 1 is 1.36 bits per heavy atom. The second-order valence-corrected chi connectivity index (χ2v) is 5.68. The van der Waals surface area contributed by atoms with Crippen LogP contribution in [0.2, 0.25) is 0 Å². The van der Waals surface area contributed by atoms with E-state index in [0.717, 1.165) is 21.8 Å². The summed E-state index contributed by atoms with van der Waals surface area (Å²) in [7, 11) is 0. The molecule has 0 saturated carbocycles. The number of thiazole rings is 1. The Labute approximate surface area is 128 Å². The van der Waals surface area contributed by atoms with Gasteiger partial charge in [0.05, 0.1) is 22.6 Å². The predicted molar refractivity (Wildman–Crippen MR) is 81.2 cm³/mol. The van der Waals surface area contributed by atoms with E-state index in [9.17, 15) is 0 Å². The quantitative estimate of drug-likeness (QED) is 0.615. The summed E-state index contributed by atoms with van der Waals surface area (Å²) in [5.74, 6) is 0. The van der Waals surface area contributed by atoms with Crippen LogP contribution in [0.3, 0.4) is 0 Å². The topological polar surface area (TPSA) is 109 Å². The van der Waals surface area contributed by atoms with Crippen LogP contribution in [-0.2, 0) is 6.54 Å². The molecule has 8 nitrogen and oxygen atoms in total. The number of anilines is 1. The summed E-state index contributed by atoms with van der Waals surface area (Å²) in [6.45, 7) is 2.39. The van der Waals surface area contributed by atoms with Crippen LogP contribution in [0.25, 0.3) is 21.7 Å². The highest BCUT2D eigenvalue weighted by atomic mass is 32.1. The molecule has 4 aromatic rings. The predicted octanol–water partition coefficient (Wildman–Crippen LogP) is 1.88. The first-order valence-electron chi connectivity index (χ1n) is 6.52. The van der Waals surface area contributed by atoms with Gasteiger partial charge >= 0.3 is 0 Å². The van der Waals surface area contributed by atoms with Crippen molar-refractivity contribution in [1.29, 1.82) is 0 Å². The smallest absolute Gasteiger partial charge is 0.226 e. The number of rotatable bonds is 3. The lowest BCUT2D eigenvalue weighted by atomic mass is 10.1. The van der Waals surface area contributed by atoms with Crippen molar-refractivity contribution in [3.05, 3.63) is 35.2 Å². The van der Waals surface area contributed by atoms with Crippen LogP contribution in [0.1, 0.15) is 11.3 Å². The van der Waals surface area contributed by atoms with Gasteiger partial charge in [-0.25, -0.2) is 9.61 Å². The van der Waals surface area contributed by atoms with Crippen LogP contribution >= 0.6 is 11.3 Å². The summed E-state index contributed by atoms with van der Waals surface area (Å²) in [4.78, 5) is 9.44. The van der Waals surface area contributed by atoms with E-state index in [4.69, 9.17) is 5.73 Å². The van der Waals surface area contributed by atoms with Gasteiger partial charge in [0.25, 0.3) is 0 Å². The van der Waals surface area contributed by atoms with Gasteiger partial charge in [0.2, 0.25) is 5.65 Å². The zero-order valence-corrected chi connectivity index (χ0v) is 12.4. The minimum atomic E-state index is 0.421. The number of aromatic nitrogens is 6. The molecule has 110 valence electrons. The number of nitrogen functional groups attached to an aromatic ring is 1. The van der Waals surface area contributed by atoms with Gasteiger partial charge < -0.3 is 5.73 Å². The van der Waals surface area contributed by atoms with E-state index in [2.05, 4.69) is 30.0 Å². The monoisotopic (exact) mass is 313 g/mol. The number of nitrogens with two attached hydrogens (primary N) is 1. The maximum Gasteiger partial charge on any atom is 0.226 e. The summed E-state index contributed by atoms with van der Waals surface area (Å²) >= 11 is 1.55. The van der Waals surface area contributed by atoms with Gasteiger partial charge in [-0.1, -0.05) is 0 Å². The van der Waals surface area contributed by atoms with Crippen LogP contribution in [0.4, 0.5) is 5.69 Å². The average Bonchev–Trinajstić information content (AvgIpc) is 3.23. The molecule has 4 aromatic heterocycles. The average molecular weight is 313 g/mol. The highest BCUT2D eigenvalue weighted by Crippen LogP contribution is 2.25. The molecule has 22 heavy (non-hydrogen) atoms. The third-order valence-corrected chi connectivity index (χ3v) is 4.20. The maximum atomic E-state index is 6.16. The summed E-state index contributed by atoms with van der Waals surface area (Å²) in [5, 5.41) is 12.1. The van der Waals surface area contributed by atoms with Crippen molar-refractivity contribution < 1.29 is 4.63 Å². The van der Waals surface area contributed by atoms with Gasteiger partial charge in [-0.2, -0.15) is 5.10 Å². The Hall–Kier alpha value is -2.81.